The van der Waals surface area contributed by atoms with Crippen LogP contribution in [0.25, 0.3) is 0 Å². The molecular weight excluding hydrogens is 276 g/mol. The molecule has 16 heavy (non-hydrogen) atoms. The van der Waals surface area contributed by atoms with Gasteiger partial charge >= 0.3 is 0 Å². The van der Waals surface area contributed by atoms with Crippen LogP contribution in [-0.4, -0.2) is 10.8 Å². The van der Waals surface area contributed by atoms with E-state index in [0.717, 1.165) is 0 Å². The first kappa shape index (κ1) is 12.6. The van der Waals surface area contributed by atoms with Crippen molar-refractivity contribution in [1.82, 2.24) is 5.32 Å². The van der Waals surface area contributed by atoms with E-state index in [-0.39, 0.29) is 11.6 Å². The van der Waals surface area contributed by atoms with Gasteiger partial charge in [0.2, 0.25) is 5.91 Å². The highest BCUT2D eigenvalue weighted by molar-refractivity contribution is 9.08. The van der Waals surface area contributed by atoms with Crippen molar-refractivity contribution in [2.45, 2.75) is 18.8 Å². The van der Waals surface area contributed by atoms with Gasteiger partial charge in [-0.05, 0) is 5.56 Å². The summed E-state index contributed by atoms with van der Waals surface area (Å²) >= 11 is 3.19. The fraction of sp³-hybridized carbons (Fsp3) is 0.300. The van der Waals surface area contributed by atoms with Gasteiger partial charge in [0.05, 0.1) is 4.92 Å². The quantitative estimate of drug-likeness (QED) is 0.524. The molecule has 0 saturated carbocycles. The number of nitrogens with zero attached hydrogens (tertiary/aromatic N) is 1. The minimum absolute atomic E-state index is 0.0692. The van der Waals surface area contributed by atoms with Crippen molar-refractivity contribution in [1.29, 1.82) is 0 Å². The molecule has 0 radical (unpaired) electrons. The van der Waals surface area contributed by atoms with Crippen LogP contribution in [-0.2, 0) is 16.7 Å². The van der Waals surface area contributed by atoms with Crippen molar-refractivity contribution < 1.29 is 9.72 Å². The number of alkyl halides is 1. The van der Waals surface area contributed by atoms with Crippen molar-refractivity contribution in [3.8, 4) is 0 Å². The maximum Gasteiger partial charge on any atom is 0.273 e. The second-order valence-electron chi connectivity index (χ2n) is 3.26. The Kier molecular flexibility index (Phi) is 4.42. The number of nitrogens with one attached hydrogen (secondary N) is 1. The number of benzene rings is 1. The fourth-order valence-corrected chi connectivity index (χ4v) is 1.70. The summed E-state index contributed by atoms with van der Waals surface area (Å²) in [5.41, 5.74) is 1.41. The average Bonchev–Trinajstić information content (AvgIpc) is 2.25. The van der Waals surface area contributed by atoms with Crippen molar-refractivity contribution in [2.75, 3.05) is 0 Å². The zero-order chi connectivity index (χ0) is 12.1. The van der Waals surface area contributed by atoms with Crippen LogP contribution < -0.4 is 5.32 Å². The molecule has 0 aromatic heterocycles. The Morgan fingerprint density at radius 1 is 1.56 bits per heavy atom. The number of hydrogen-bond donors (Lipinski definition) is 1. The number of halogens is 1. The molecule has 0 aliphatic rings. The zero-order valence-corrected chi connectivity index (χ0v) is 10.3. The summed E-state index contributed by atoms with van der Waals surface area (Å²) in [5, 5.41) is 13.8. The van der Waals surface area contributed by atoms with Crippen LogP contribution in [0.2, 0.25) is 0 Å². The molecule has 1 amide bonds. The standard InChI is InChI=1S/C10H11BrN2O3/c1-7(14)12-6-8-2-3-9(5-11)10(4-8)13(15)16/h2-4H,5-6H2,1H3,(H,12,14). The van der Waals surface area contributed by atoms with Crippen LogP contribution in [0.15, 0.2) is 18.2 Å². The minimum atomic E-state index is -0.423. The van der Waals surface area contributed by atoms with Gasteiger partial charge in [-0.1, -0.05) is 28.1 Å². The molecule has 0 aliphatic carbocycles. The van der Waals surface area contributed by atoms with E-state index in [1.165, 1.54) is 13.0 Å². The van der Waals surface area contributed by atoms with E-state index < -0.39 is 4.92 Å². The smallest absolute Gasteiger partial charge is 0.273 e. The van der Waals surface area contributed by atoms with E-state index in [1.807, 2.05) is 0 Å². The fourth-order valence-electron chi connectivity index (χ4n) is 1.23. The molecule has 0 fully saturated rings. The van der Waals surface area contributed by atoms with Gasteiger partial charge in [0.15, 0.2) is 0 Å². The Balaban J connectivity index is 2.93. The SMILES string of the molecule is CC(=O)NCc1ccc(CBr)c([N+](=O)[O-])c1. The Hall–Kier alpha value is -1.43. The number of carbonyl (C=O) groups is 1. The maximum atomic E-state index is 10.8. The molecule has 0 unspecified atom stereocenters. The third-order valence-corrected chi connectivity index (χ3v) is 2.64. The lowest BCUT2D eigenvalue weighted by atomic mass is 10.1. The van der Waals surface area contributed by atoms with E-state index in [0.29, 0.717) is 23.0 Å². The largest absolute Gasteiger partial charge is 0.352 e. The lowest BCUT2D eigenvalue weighted by Crippen LogP contribution is -2.18. The number of rotatable bonds is 4. The molecular formula is C10H11BrN2O3. The van der Waals surface area contributed by atoms with Crippen LogP contribution in [0.1, 0.15) is 18.1 Å². The summed E-state index contributed by atoms with van der Waals surface area (Å²) in [6.07, 6.45) is 0. The predicted octanol–water partition coefficient (Wildman–Crippen LogP) is 2.13. The van der Waals surface area contributed by atoms with E-state index in [2.05, 4.69) is 21.2 Å². The molecule has 0 spiro atoms. The Morgan fingerprint density at radius 3 is 2.75 bits per heavy atom. The average molecular weight is 287 g/mol. The van der Waals surface area contributed by atoms with Crippen molar-refractivity contribution in [3.63, 3.8) is 0 Å². The van der Waals surface area contributed by atoms with Crippen molar-refractivity contribution in [3.05, 3.63) is 39.4 Å². The van der Waals surface area contributed by atoms with Crippen LogP contribution >= 0.6 is 15.9 Å². The van der Waals surface area contributed by atoms with Crippen LogP contribution in [0.5, 0.6) is 0 Å². The molecule has 1 aromatic carbocycles. The molecule has 0 aliphatic heterocycles. The number of nitro benzene ring substituents is 1. The normalized spacial score (nSPS) is 9.88. The third-order valence-electron chi connectivity index (χ3n) is 2.03. The van der Waals surface area contributed by atoms with Crippen LogP contribution in [0.3, 0.4) is 0 Å². The van der Waals surface area contributed by atoms with Gasteiger partial charge in [-0.2, -0.15) is 0 Å². The molecule has 5 nitrogen and oxygen atoms in total. The van der Waals surface area contributed by atoms with Crippen molar-refractivity contribution >= 4 is 27.5 Å². The van der Waals surface area contributed by atoms with Crippen LogP contribution in [0.4, 0.5) is 5.69 Å². The Bertz CT molecular complexity index is 421. The highest BCUT2D eigenvalue weighted by Crippen LogP contribution is 2.22. The highest BCUT2D eigenvalue weighted by atomic mass is 79.9. The van der Waals surface area contributed by atoms with Gasteiger partial charge in [-0.15, -0.1) is 0 Å². The molecule has 0 atom stereocenters. The van der Waals surface area contributed by atoms with Gasteiger partial charge in [-0.25, -0.2) is 0 Å². The first-order valence-corrected chi connectivity index (χ1v) is 5.73. The molecule has 0 saturated heterocycles. The van der Waals surface area contributed by atoms with E-state index in [4.69, 9.17) is 0 Å². The second kappa shape index (κ2) is 5.60. The molecule has 1 aromatic rings. The van der Waals surface area contributed by atoms with Crippen LogP contribution in [0, 0.1) is 10.1 Å². The number of hydrogen-bond acceptors (Lipinski definition) is 3. The lowest BCUT2D eigenvalue weighted by molar-refractivity contribution is -0.385. The van der Waals surface area contributed by atoms with Gasteiger partial charge < -0.3 is 5.32 Å². The minimum Gasteiger partial charge on any atom is -0.352 e. The highest BCUT2D eigenvalue weighted by Gasteiger charge is 2.13. The summed E-state index contributed by atoms with van der Waals surface area (Å²) in [6, 6.07) is 4.93. The first-order chi connectivity index (χ1) is 7.54. The molecule has 0 heterocycles. The lowest BCUT2D eigenvalue weighted by Gasteiger charge is -2.04. The second-order valence-corrected chi connectivity index (χ2v) is 3.82. The maximum absolute atomic E-state index is 10.8. The van der Waals surface area contributed by atoms with Crippen molar-refractivity contribution in [2.24, 2.45) is 0 Å². The summed E-state index contributed by atoms with van der Waals surface area (Å²) in [5.74, 6) is -0.160. The van der Waals surface area contributed by atoms with Gasteiger partial charge in [0.1, 0.15) is 0 Å². The molecule has 6 heteroatoms. The third kappa shape index (κ3) is 3.30. The molecule has 1 rings (SSSR count). The monoisotopic (exact) mass is 286 g/mol. The van der Waals surface area contributed by atoms with Gasteiger partial charge in [0, 0.05) is 30.4 Å². The Labute approximate surface area is 101 Å². The van der Waals surface area contributed by atoms with E-state index >= 15 is 0 Å². The van der Waals surface area contributed by atoms with Gasteiger partial charge in [0.25, 0.3) is 5.69 Å². The summed E-state index contributed by atoms with van der Waals surface area (Å²) in [7, 11) is 0. The predicted molar refractivity (Wildman–Crippen MR) is 63.2 cm³/mol. The molecule has 0 bridgehead atoms. The molecule has 86 valence electrons. The summed E-state index contributed by atoms with van der Waals surface area (Å²) in [4.78, 5) is 21.1. The number of amides is 1. The van der Waals surface area contributed by atoms with Gasteiger partial charge in [-0.3, -0.25) is 14.9 Å². The topological polar surface area (TPSA) is 72.2 Å². The Morgan fingerprint density at radius 2 is 2.25 bits per heavy atom. The zero-order valence-electron chi connectivity index (χ0n) is 8.70. The summed E-state index contributed by atoms with van der Waals surface area (Å²) in [6.45, 7) is 1.71. The summed E-state index contributed by atoms with van der Waals surface area (Å²) < 4.78 is 0. The molecule has 1 N–H and O–H groups in total. The van der Waals surface area contributed by atoms with E-state index in [9.17, 15) is 14.9 Å². The number of carbonyl (C=O) groups excluding carboxylic acids is 1. The first-order valence-electron chi connectivity index (χ1n) is 4.61. The number of nitro groups is 1. The van der Waals surface area contributed by atoms with E-state index in [1.54, 1.807) is 12.1 Å².